The number of aromatic nitrogens is 2. The number of hydrogen-bond donors (Lipinski definition) is 1. The van der Waals surface area contributed by atoms with Gasteiger partial charge in [-0.25, -0.2) is 9.97 Å². The molecule has 0 saturated heterocycles. The number of nitrogens with two attached hydrogens (primary N) is 1. The molecule has 0 saturated carbocycles. The van der Waals surface area contributed by atoms with Crippen LogP contribution < -0.4 is 10.5 Å². The largest absolute Gasteiger partial charge is 0.493 e. The molecule has 0 amide bonds. The molecule has 0 spiro atoms. The minimum absolute atomic E-state index is 0.116. The summed E-state index contributed by atoms with van der Waals surface area (Å²) < 4.78 is 11.8. The monoisotopic (exact) mass is 397 g/mol. The van der Waals surface area contributed by atoms with Crippen molar-refractivity contribution in [2.24, 2.45) is 0 Å². The number of halogens is 1. The number of rotatable bonds is 3. The number of benzene rings is 1. The quantitative estimate of drug-likeness (QED) is 0.807. The first-order chi connectivity index (χ1) is 10.2. The molecule has 5 nitrogen and oxygen atoms in total. The van der Waals surface area contributed by atoms with Gasteiger partial charge in [-0.05, 0) is 35.1 Å². The first-order valence-electron chi connectivity index (χ1n) is 6.73. The van der Waals surface area contributed by atoms with Crippen molar-refractivity contribution in [2.75, 3.05) is 19.5 Å². The molecular formula is C15H16IN3O2. The first kappa shape index (κ1) is 14.5. The average molecular weight is 397 g/mol. The van der Waals surface area contributed by atoms with Gasteiger partial charge in [0.2, 0.25) is 0 Å². The molecule has 1 aliphatic heterocycles. The maximum atomic E-state index is 6.03. The second-order valence-electron chi connectivity index (χ2n) is 4.89. The predicted molar refractivity (Wildman–Crippen MR) is 88.3 cm³/mol. The third-order valence-electron chi connectivity index (χ3n) is 3.51. The highest BCUT2D eigenvalue weighted by Gasteiger charge is 2.26. The molecule has 0 fully saturated rings. The number of nitrogen functional groups attached to an aromatic ring is 1. The van der Waals surface area contributed by atoms with Crippen LogP contribution in [0.25, 0.3) is 0 Å². The van der Waals surface area contributed by atoms with Gasteiger partial charge in [-0.15, -0.1) is 0 Å². The van der Waals surface area contributed by atoms with E-state index >= 15 is 0 Å². The molecule has 0 radical (unpaired) electrons. The van der Waals surface area contributed by atoms with Crippen LogP contribution in [0.5, 0.6) is 5.75 Å². The SMILES string of the molecule is COCc1nc(C2CCOc3ccccc32)nc(N)c1I. The van der Waals surface area contributed by atoms with E-state index in [1.54, 1.807) is 7.11 Å². The molecule has 6 heteroatoms. The Labute approximate surface area is 137 Å². The summed E-state index contributed by atoms with van der Waals surface area (Å²) in [5.41, 5.74) is 7.99. The molecule has 21 heavy (non-hydrogen) atoms. The molecular weight excluding hydrogens is 381 g/mol. The summed E-state index contributed by atoms with van der Waals surface area (Å²) in [7, 11) is 1.65. The van der Waals surface area contributed by atoms with E-state index in [0.29, 0.717) is 19.0 Å². The molecule has 0 bridgehead atoms. The maximum Gasteiger partial charge on any atom is 0.141 e. The van der Waals surface area contributed by atoms with Crippen LogP contribution in [0.1, 0.15) is 29.4 Å². The molecule has 2 N–H and O–H groups in total. The van der Waals surface area contributed by atoms with Crippen molar-refractivity contribution in [3.05, 3.63) is 44.9 Å². The normalized spacial score (nSPS) is 17.1. The van der Waals surface area contributed by atoms with Crippen molar-refractivity contribution in [3.63, 3.8) is 0 Å². The zero-order chi connectivity index (χ0) is 14.8. The number of para-hydroxylation sites is 1. The molecule has 0 aliphatic carbocycles. The first-order valence-corrected chi connectivity index (χ1v) is 7.81. The second kappa shape index (κ2) is 6.15. The predicted octanol–water partition coefficient (Wildman–Crippen LogP) is 2.72. The summed E-state index contributed by atoms with van der Waals surface area (Å²) in [6.45, 7) is 1.10. The van der Waals surface area contributed by atoms with Gasteiger partial charge >= 0.3 is 0 Å². The van der Waals surface area contributed by atoms with Gasteiger partial charge in [0.15, 0.2) is 0 Å². The summed E-state index contributed by atoms with van der Waals surface area (Å²) in [6.07, 6.45) is 0.851. The van der Waals surface area contributed by atoms with Crippen LogP contribution in [-0.2, 0) is 11.3 Å². The van der Waals surface area contributed by atoms with E-state index in [1.165, 1.54) is 0 Å². The molecule has 2 heterocycles. The van der Waals surface area contributed by atoms with Crippen LogP contribution in [0.4, 0.5) is 5.82 Å². The summed E-state index contributed by atoms with van der Waals surface area (Å²) in [6, 6.07) is 8.02. The summed E-state index contributed by atoms with van der Waals surface area (Å²) in [5.74, 6) is 2.28. The van der Waals surface area contributed by atoms with Crippen molar-refractivity contribution >= 4 is 28.4 Å². The van der Waals surface area contributed by atoms with Gasteiger partial charge in [0.1, 0.15) is 17.4 Å². The Morgan fingerprint density at radius 1 is 1.38 bits per heavy atom. The van der Waals surface area contributed by atoms with Crippen LogP contribution in [0, 0.1) is 3.57 Å². The van der Waals surface area contributed by atoms with Gasteiger partial charge in [0, 0.05) is 12.7 Å². The number of anilines is 1. The zero-order valence-corrected chi connectivity index (χ0v) is 13.8. The lowest BCUT2D eigenvalue weighted by molar-refractivity contribution is 0.180. The van der Waals surface area contributed by atoms with E-state index in [4.69, 9.17) is 15.2 Å². The third-order valence-corrected chi connectivity index (χ3v) is 4.69. The zero-order valence-electron chi connectivity index (χ0n) is 11.7. The van der Waals surface area contributed by atoms with Gasteiger partial charge < -0.3 is 15.2 Å². The molecule has 1 atom stereocenters. The third kappa shape index (κ3) is 2.82. The van der Waals surface area contributed by atoms with Gasteiger partial charge in [-0.3, -0.25) is 0 Å². The fourth-order valence-corrected chi connectivity index (χ4v) is 2.93. The lowest BCUT2D eigenvalue weighted by Gasteiger charge is -2.25. The Bertz CT molecular complexity index is 663. The number of fused-ring (bicyclic) bond motifs is 1. The van der Waals surface area contributed by atoms with Crippen LogP contribution >= 0.6 is 22.6 Å². The molecule has 1 aromatic heterocycles. The number of nitrogens with zero attached hydrogens (tertiary/aromatic N) is 2. The maximum absolute atomic E-state index is 6.03. The number of hydrogen-bond acceptors (Lipinski definition) is 5. The summed E-state index contributed by atoms with van der Waals surface area (Å²) in [5, 5.41) is 0. The van der Waals surface area contributed by atoms with Gasteiger partial charge in [-0.1, -0.05) is 18.2 Å². The minimum atomic E-state index is 0.116. The van der Waals surface area contributed by atoms with Crippen LogP contribution in [0.2, 0.25) is 0 Å². The number of ether oxygens (including phenoxy) is 2. The molecule has 1 unspecified atom stereocenters. The molecule has 1 aliphatic rings. The fraction of sp³-hybridized carbons (Fsp3) is 0.333. The summed E-state index contributed by atoms with van der Waals surface area (Å²) in [4.78, 5) is 9.15. The lowest BCUT2D eigenvalue weighted by atomic mass is 9.92. The molecule has 3 rings (SSSR count). The van der Waals surface area contributed by atoms with E-state index in [9.17, 15) is 0 Å². The molecule has 1 aromatic carbocycles. The van der Waals surface area contributed by atoms with Gasteiger partial charge in [0.25, 0.3) is 0 Å². The number of methoxy groups -OCH3 is 1. The van der Waals surface area contributed by atoms with Gasteiger partial charge in [0.05, 0.1) is 28.4 Å². The van der Waals surface area contributed by atoms with Crippen LogP contribution in [0.15, 0.2) is 24.3 Å². The Kier molecular flexibility index (Phi) is 4.25. The fourth-order valence-electron chi connectivity index (χ4n) is 2.53. The van der Waals surface area contributed by atoms with Crippen molar-refractivity contribution in [3.8, 4) is 5.75 Å². The van der Waals surface area contributed by atoms with E-state index in [2.05, 4.69) is 38.6 Å². The average Bonchev–Trinajstić information content (AvgIpc) is 2.51. The van der Waals surface area contributed by atoms with Crippen molar-refractivity contribution in [1.29, 1.82) is 0 Å². The van der Waals surface area contributed by atoms with E-state index in [1.807, 2.05) is 18.2 Å². The van der Waals surface area contributed by atoms with E-state index < -0.39 is 0 Å². The highest BCUT2D eigenvalue weighted by atomic mass is 127. The Balaban J connectivity index is 2.05. The van der Waals surface area contributed by atoms with Gasteiger partial charge in [-0.2, -0.15) is 0 Å². The highest BCUT2D eigenvalue weighted by molar-refractivity contribution is 14.1. The Morgan fingerprint density at radius 2 is 2.19 bits per heavy atom. The highest BCUT2D eigenvalue weighted by Crippen LogP contribution is 2.37. The van der Waals surface area contributed by atoms with Crippen molar-refractivity contribution in [2.45, 2.75) is 18.9 Å². The topological polar surface area (TPSA) is 70.3 Å². The van der Waals surface area contributed by atoms with Crippen molar-refractivity contribution < 1.29 is 9.47 Å². The minimum Gasteiger partial charge on any atom is -0.493 e. The Hall–Kier alpha value is -1.41. The summed E-state index contributed by atoms with van der Waals surface area (Å²) >= 11 is 2.16. The van der Waals surface area contributed by atoms with Crippen LogP contribution in [-0.4, -0.2) is 23.7 Å². The smallest absolute Gasteiger partial charge is 0.141 e. The molecule has 2 aromatic rings. The van der Waals surface area contributed by atoms with Crippen LogP contribution in [0.3, 0.4) is 0 Å². The van der Waals surface area contributed by atoms with E-state index in [0.717, 1.165) is 32.8 Å². The Morgan fingerprint density at radius 3 is 3.00 bits per heavy atom. The molecule has 110 valence electrons. The lowest BCUT2D eigenvalue weighted by Crippen LogP contribution is -2.19. The van der Waals surface area contributed by atoms with Crippen molar-refractivity contribution in [1.82, 2.24) is 9.97 Å². The standard InChI is InChI=1S/C15H16IN3O2/c1-20-8-11-13(16)14(17)19-15(18-11)10-6-7-21-12-5-3-2-4-9(10)12/h2-5,10H,6-8H2,1H3,(H2,17,18,19). The second-order valence-corrected chi connectivity index (χ2v) is 5.97. The van der Waals surface area contributed by atoms with E-state index in [-0.39, 0.29) is 5.92 Å².